The zero-order chi connectivity index (χ0) is 23.1. The van der Waals surface area contributed by atoms with Crippen LogP contribution in [0.15, 0.2) is 0 Å². The molecule has 0 radical (unpaired) electrons. The predicted molar refractivity (Wildman–Crippen MR) is 111 cm³/mol. The summed E-state index contributed by atoms with van der Waals surface area (Å²) in [6.07, 6.45) is 8.08. The van der Waals surface area contributed by atoms with Crippen LogP contribution in [0.1, 0.15) is 90.9 Å². The molecule has 0 aromatic carbocycles. The molecular formula is C22H38O8. The summed E-state index contributed by atoms with van der Waals surface area (Å²) in [5.41, 5.74) is 0. The van der Waals surface area contributed by atoms with Crippen molar-refractivity contribution in [3.63, 3.8) is 0 Å². The highest BCUT2D eigenvalue weighted by Gasteiger charge is 2.32. The number of unbranched alkanes of at least 4 members (excludes halogenated alkanes) is 7. The first-order valence-electron chi connectivity index (χ1n) is 11.0. The maximum absolute atomic E-state index is 11.6. The molecule has 0 aliphatic carbocycles. The summed E-state index contributed by atoms with van der Waals surface area (Å²) in [4.78, 5) is 45.3. The SMILES string of the molecule is CCCCCCC(C(=O)O)C(CCCCCCCC(C(=O)O)C(C)C(=O)O)C(=O)O. The van der Waals surface area contributed by atoms with Crippen molar-refractivity contribution in [1.29, 1.82) is 0 Å². The molecule has 0 spiro atoms. The summed E-state index contributed by atoms with van der Waals surface area (Å²) in [5.74, 6) is -7.95. The van der Waals surface area contributed by atoms with Gasteiger partial charge in [-0.3, -0.25) is 19.2 Å². The van der Waals surface area contributed by atoms with Gasteiger partial charge >= 0.3 is 23.9 Å². The number of aliphatic carboxylic acids is 4. The van der Waals surface area contributed by atoms with Crippen LogP contribution in [0.2, 0.25) is 0 Å². The second kappa shape index (κ2) is 15.7. The third kappa shape index (κ3) is 11.2. The van der Waals surface area contributed by atoms with Gasteiger partial charge in [-0.15, -0.1) is 0 Å². The highest BCUT2D eigenvalue weighted by molar-refractivity contribution is 5.80. The number of hydrogen-bond donors (Lipinski definition) is 4. The zero-order valence-electron chi connectivity index (χ0n) is 18.2. The van der Waals surface area contributed by atoms with Gasteiger partial charge in [-0.25, -0.2) is 0 Å². The lowest BCUT2D eigenvalue weighted by molar-refractivity contribution is -0.154. The van der Waals surface area contributed by atoms with E-state index >= 15 is 0 Å². The van der Waals surface area contributed by atoms with Crippen LogP contribution < -0.4 is 0 Å². The van der Waals surface area contributed by atoms with E-state index in [4.69, 9.17) is 10.2 Å². The molecule has 0 aromatic heterocycles. The van der Waals surface area contributed by atoms with E-state index in [1.807, 2.05) is 0 Å². The summed E-state index contributed by atoms with van der Waals surface area (Å²) in [6, 6.07) is 0. The molecule has 30 heavy (non-hydrogen) atoms. The van der Waals surface area contributed by atoms with E-state index in [0.717, 1.165) is 38.5 Å². The lowest BCUT2D eigenvalue weighted by Crippen LogP contribution is -2.30. The van der Waals surface area contributed by atoms with E-state index in [0.29, 0.717) is 38.5 Å². The molecule has 8 heteroatoms. The maximum atomic E-state index is 11.6. The third-order valence-corrected chi connectivity index (χ3v) is 5.83. The lowest BCUT2D eigenvalue weighted by Gasteiger charge is -2.20. The molecule has 0 aliphatic rings. The third-order valence-electron chi connectivity index (χ3n) is 5.83. The Labute approximate surface area is 178 Å². The average Bonchev–Trinajstić information content (AvgIpc) is 2.66. The Bertz CT molecular complexity index is 545. The quantitative estimate of drug-likeness (QED) is 0.219. The topological polar surface area (TPSA) is 149 Å². The number of carbonyl (C=O) groups is 4. The van der Waals surface area contributed by atoms with Crippen LogP contribution in [0.3, 0.4) is 0 Å². The molecule has 0 saturated carbocycles. The molecule has 4 atom stereocenters. The van der Waals surface area contributed by atoms with E-state index in [2.05, 4.69) is 6.92 Å². The fourth-order valence-corrected chi connectivity index (χ4v) is 3.80. The molecule has 0 amide bonds. The normalized spacial score (nSPS) is 15.1. The van der Waals surface area contributed by atoms with Gasteiger partial charge in [0, 0.05) is 0 Å². The summed E-state index contributed by atoms with van der Waals surface area (Å²) in [6.45, 7) is 3.46. The van der Waals surface area contributed by atoms with Crippen LogP contribution >= 0.6 is 0 Å². The minimum atomic E-state index is -1.12. The maximum Gasteiger partial charge on any atom is 0.307 e. The molecule has 0 fully saturated rings. The molecule has 0 aliphatic heterocycles. The number of rotatable bonds is 19. The van der Waals surface area contributed by atoms with Gasteiger partial charge in [0.25, 0.3) is 0 Å². The number of carboxylic acid groups (broad SMARTS) is 4. The highest BCUT2D eigenvalue weighted by atomic mass is 16.4. The highest BCUT2D eigenvalue weighted by Crippen LogP contribution is 2.26. The fraction of sp³-hybridized carbons (Fsp3) is 0.818. The molecule has 0 rings (SSSR count). The second-order valence-corrected chi connectivity index (χ2v) is 8.16. The molecule has 0 saturated heterocycles. The lowest BCUT2D eigenvalue weighted by atomic mass is 9.84. The molecular weight excluding hydrogens is 392 g/mol. The summed E-state index contributed by atoms with van der Waals surface area (Å²) >= 11 is 0. The monoisotopic (exact) mass is 430 g/mol. The number of carboxylic acids is 4. The molecule has 0 heterocycles. The summed E-state index contributed by atoms with van der Waals surface area (Å²) in [7, 11) is 0. The Kier molecular flexibility index (Phi) is 14.6. The molecule has 8 nitrogen and oxygen atoms in total. The minimum Gasteiger partial charge on any atom is -0.481 e. The molecule has 0 bridgehead atoms. The first-order chi connectivity index (χ1) is 14.1. The van der Waals surface area contributed by atoms with Crippen LogP contribution in [-0.2, 0) is 19.2 Å². The minimum absolute atomic E-state index is 0.291. The van der Waals surface area contributed by atoms with Crippen molar-refractivity contribution in [2.75, 3.05) is 0 Å². The van der Waals surface area contributed by atoms with Crippen LogP contribution in [0.5, 0.6) is 0 Å². The average molecular weight is 431 g/mol. The molecule has 0 aromatic rings. The number of hydrogen-bond acceptors (Lipinski definition) is 4. The zero-order valence-corrected chi connectivity index (χ0v) is 18.2. The summed E-state index contributed by atoms with van der Waals surface area (Å²) < 4.78 is 0. The van der Waals surface area contributed by atoms with Crippen molar-refractivity contribution in [2.45, 2.75) is 90.9 Å². The van der Waals surface area contributed by atoms with E-state index in [-0.39, 0.29) is 0 Å². The van der Waals surface area contributed by atoms with Gasteiger partial charge in [-0.2, -0.15) is 0 Å². The van der Waals surface area contributed by atoms with E-state index in [1.165, 1.54) is 6.92 Å². The molecule has 4 N–H and O–H groups in total. The van der Waals surface area contributed by atoms with Gasteiger partial charge in [-0.1, -0.05) is 71.6 Å². The van der Waals surface area contributed by atoms with Gasteiger partial charge in [0.15, 0.2) is 0 Å². The van der Waals surface area contributed by atoms with Crippen molar-refractivity contribution in [3.8, 4) is 0 Å². The Balaban J connectivity index is 4.35. The van der Waals surface area contributed by atoms with Crippen molar-refractivity contribution < 1.29 is 39.6 Å². The predicted octanol–water partition coefficient (Wildman–Crippen LogP) is 4.51. The van der Waals surface area contributed by atoms with Crippen molar-refractivity contribution >= 4 is 23.9 Å². The van der Waals surface area contributed by atoms with Crippen LogP contribution in [0.25, 0.3) is 0 Å². The van der Waals surface area contributed by atoms with Crippen molar-refractivity contribution in [3.05, 3.63) is 0 Å². The van der Waals surface area contributed by atoms with Gasteiger partial charge in [0.05, 0.1) is 23.7 Å². The van der Waals surface area contributed by atoms with E-state index in [9.17, 15) is 29.4 Å². The van der Waals surface area contributed by atoms with E-state index < -0.39 is 47.5 Å². The van der Waals surface area contributed by atoms with Gasteiger partial charge in [0.2, 0.25) is 0 Å². The fourth-order valence-electron chi connectivity index (χ4n) is 3.80. The van der Waals surface area contributed by atoms with Crippen LogP contribution in [-0.4, -0.2) is 44.3 Å². The Morgan fingerprint density at radius 2 is 0.867 bits per heavy atom. The van der Waals surface area contributed by atoms with Crippen molar-refractivity contribution in [1.82, 2.24) is 0 Å². The Morgan fingerprint density at radius 1 is 0.533 bits per heavy atom. The van der Waals surface area contributed by atoms with Gasteiger partial charge < -0.3 is 20.4 Å². The molecule has 174 valence electrons. The first kappa shape index (κ1) is 27.9. The standard InChI is InChI=1S/C22H38O8/c1-3-4-5-9-13-17(21(27)28)18(22(29)30)14-11-8-6-7-10-12-16(20(25)26)15(2)19(23)24/h15-18H,3-14H2,1-2H3,(H,23,24)(H,25,26)(H,27,28)(H,29,30). The first-order valence-corrected chi connectivity index (χ1v) is 11.0. The van der Waals surface area contributed by atoms with E-state index in [1.54, 1.807) is 0 Å². The van der Waals surface area contributed by atoms with Crippen molar-refractivity contribution in [2.24, 2.45) is 23.7 Å². The Morgan fingerprint density at radius 3 is 1.20 bits per heavy atom. The van der Waals surface area contributed by atoms with Crippen LogP contribution in [0, 0.1) is 23.7 Å². The summed E-state index contributed by atoms with van der Waals surface area (Å²) in [5, 5.41) is 37.1. The Hall–Kier alpha value is -2.12. The molecule has 4 unspecified atom stereocenters. The van der Waals surface area contributed by atoms with Gasteiger partial charge in [0.1, 0.15) is 0 Å². The smallest absolute Gasteiger partial charge is 0.307 e. The largest absolute Gasteiger partial charge is 0.481 e. The second-order valence-electron chi connectivity index (χ2n) is 8.16. The van der Waals surface area contributed by atoms with Crippen LogP contribution in [0.4, 0.5) is 0 Å². The van der Waals surface area contributed by atoms with Gasteiger partial charge in [-0.05, 0) is 19.3 Å².